The second kappa shape index (κ2) is 11.9. The molecule has 2 aromatic rings. The van der Waals surface area contributed by atoms with Crippen molar-refractivity contribution in [3.8, 4) is 5.75 Å². The summed E-state index contributed by atoms with van der Waals surface area (Å²) in [5.41, 5.74) is 4.32. The standard InChI is InChI=1S/C28H38N2O3/c1-5-26(28(32)29-24-12-7-6-8-13-24)30(18-23-11-9-10-20(2)15-23)27(31)19-33-25-16-21(3)14-22(4)17-25/h9-11,14-17,24,26H,5-8,12-13,18-19H2,1-4H3,(H,29,32)/t26-/m1/s1. The molecule has 1 aliphatic carbocycles. The van der Waals surface area contributed by atoms with Crippen LogP contribution in [0.5, 0.6) is 5.75 Å². The van der Waals surface area contributed by atoms with Crippen molar-refractivity contribution in [3.63, 3.8) is 0 Å². The topological polar surface area (TPSA) is 58.6 Å². The second-order valence-electron chi connectivity index (χ2n) is 9.39. The van der Waals surface area contributed by atoms with Crippen LogP contribution in [-0.2, 0) is 16.1 Å². The molecule has 0 aromatic heterocycles. The first kappa shape index (κ1) is 24.8. The van der Waals surface area contributed by atoms with E-state index in [1.54, 1.807) is 4.90 Å². The maximum atomic E-state index is 13.4. The van der Waals surface area contributed by atoms with E-state index in [9.17, 15) is 9.59 Å². The lowest BCUT2D eigenvalue weighted by Crippen LogP contribution is -2.52. The largest absolute Gasteiger partial charge is 0.484 e. The fourth-order valence-electron chi connectivity index (χ4n) is 4.72. The SMILES string of the molecule is CC[C@H](C(=O)NC1CCCCC1)N(Cc1cccc(C)c1)C(=O)COc1cc(C)cc(C)c1. The summed E-state index contributed by atoms with van der Waals surface area (Å²) in [4.78, 5) is 28.3. The average molecular weight is 451 g/mol. The molecule has 33 heavy (non-hydrogen) atoms. The van der Waals surface area contributed by atoms with Gasteiger partial charge in [0.1, 0.15) is 11.8 Å². The van der Waals surface area contributed by atoms with Gasteiger partial charge in [-0.15, -0.1) is 0 Å². The normalized spacial score (nSPS) is 15.0. The summed E-state index contributed by atoms with van der Waals surface area (Å²) in [6.07, 6.45) is 6.12. The summed E-state index contributed by atoms with van der Waals surface area (Å²) < 4.78 is 5.87. The van der Waals surface area contributed by atoms with Gasteiger partial charge in [0.2, 0.25) is 5.91 Å². The molecule has 1 N–H and O–H groups in total. The lowest BCUT2D eigenvalue weighted by molar-refractivity contribution is -0.143. The van der Waals surface area contributed by atoms with Crippen molar-refractivity contribution < 1.29 is 14.3 Å². The van der Waals surface area contributed by atoms with E-state index in [0.29, 0.717) is 18.7 Å². The van der Waals surface area contributed by atoms with Crippen molar-refractivity contribution in [2.45, 2.75) is 84.8 Å². The number of benzene rings is 2. The summed E-state index contributed by atoms with van der Waals surface area (Å²) in [7, 11) is 0. The molecule has 0 radical (unpaired) electrons. The van der Waals surface area contributed by atoms with E-state index in [0.717, 1.165) is 47.9 Å². The summed E-state index contributed by atoms with van der Waals surface area (Å²) in [6, 6.07) is 13.7. The first-order chi connectivity index (χ1) is 15.9. The minimum absolute atomic E-state index is 0.0585. The zero-order valence-corrected chi connectivity index (χ0v) is 20.5. The minimum atomic E-state index is -0.525. The van der Waals surface area contributed by atoms with Gasteiger partial charge in [0, 0.05) is 12.6 Å². The van der Waals surface area contributed by atoms with Crippen LogP contribution in [0.25, 0.3) is 0 Å². The van der Waals surface area contributed by atoms with E-state index < -0.39 is 6.04 Å². The monoisotopic (exact) mass is 450 g/mol. The molecule has 1 fully saturated rings. The Morgan fingerprint density at radius 2 is 1.70 bits per heavy atom. The van der Waals surface area contributed by atoms with E-state index in [1.807, 2.05) is 58.0 Å². The lowest BCUT2D eigenvalue weighted by Gasteiger charge is -2.32. The molecule has 1 saturated carbocycles. The number of aryl methyl sites for hydroxylation is 3. The number of hydrogen-bond acceptors (Lipinski definition) is 3. The molecule has 0 heterocycles. The van der Waals surface area contributed by atoms with Crippen LogP contribution >= 0.6 is 0 Å². The predicted molar refractivity (Wildman–Crippen MR) is 132 cm³/mol. The van der Waals surface area contributed by atoms with Gasteiger partial charge in [0.05, 0.1) is 0 Å². The number of carbonyl (C=O) groups is 2. The second-order valence-corrected chi connectivity index (χ2v) is 9.39. The summed E-state index contributed by atoms with van der Waals surface area (Å²) >= 11 is 0. The molecule has 3 rings (SSSR count). The van der Waals surface area contributed by atoms with Crippen LogP contribution < -0.4 is 10.1 Å². The number of nitrogens with zero attached hydrogens (tertiary/aromatic N) is 1. The molecule has 1 atom stereocenters. The third kappa shape index (κ3) is 7.34. The number of carbonyl (C=O) groups excluding carboxylic acids is 2. The van der Waals surface area contributed by atoms with Crippen LogP contribution in [0.2, 0.25) is 0 Å². The lowest BCUT2D eigenvalue weighted by atomic mass is 9.95. The Hall–Kier alpha value is -2.82. The number of ether oxygens (including phenoxy) is 1. The molecule has 5 nitrogen and oxygen atoms in total. The van der Waals surface area contributed by atoms with E-state index in [4.69, 9.17) is 4.74 Å². The van der Waals surface area contributed by atoms with E-state index in [2.05, 4.69) is 17.4 Å². The molecule has 0 unspecified atom stereocenters. The van der Waals surface area contributed by atoms with Gasteiger partial charge in [-0.05, 0) is 68.9 Å². The maximum Gasteiger partial charge on any atom is 0.261 e. The van der Waals surface area contributed by atoms with Crippen LogP contribution in [0, 0.1) is 20.8 Å². The smallest absolute Gasteiger partial charge is 0.261 e. The first-order valence-electron chi connectivity index (χ1n) is 12.2. The molecule has 2 aromatic carbocycles. The van der Waals surface area contributed by atoms with Crippen molar-refractivity contribution in [1.29, 1.82) is 0 Å². The molecule has 2 amide bonds. The molecule has 0 saturated heterocycles. The number of nitrogens with one attached hydrogen (secondary N) is 1. The van der Waals surface area contributed by atoms with Crippen molar-refractivity contribution in [2.24, 2.45) is 0 Å². The summed E-state index contributed by atoms with van der Waals surface area (Å²) in [5.74, 6) is 0.439. The van der Waals surface area contributed by atoms with Crippen molar-refractivity contribution in [1.82, 2.24) is 10.2 Å². The molecule has 1 aliphatic rings. The Morgan fingerprint density at radius 3 is 2.33 bits per heavy atom. The Kier molecular flexibility index (Phi) is 8.93. The van der Waals surface area contributed by atoms with E-state index in [1.165, 1.54) is 6.42 Å². The fraction of sp³-hybridized carbons (Fsp3) is 0.500. The molecule has 0 spiro atoms. The minimum Gasteiger partial charge on any atom is -0.484 e. The summed E-state index contributed by atoms with van der Waals surface area (Å²) in [6.45, 7) is 8.30. The van der Waals surface area contributed by atoms with Crippen LogP contribution in [0.15, 0.2) is 42.5 Å². The van der Waals surface area contributed by atoms with Crippen LogP contribution in [-0.4, -0.2) is 35.4 Å². The van der Waals surface area contributed by atoms with Gasteiger partial charge in [-0.1, -0.05) is 62.1 Å². The fourth-order valence-corrected chi connectivity index (χ4v) is 4.72. The zero-order chi connectivity index (χ0) is 23.8. The Labute approximate surface area is 198 Å². The van der Waals surface area contributed by atoms with E-state index >= 15 is 0 Å². The maximum absolute atomic E-state index is 13.4. The van der Waals surface area contributed by atoms with Gasteiger partial charge < -0.3 is 15.0 Å². The van der Waals surface area contributed by atoms with Crippen molar-refractivity contribution in [3.05, 3.63) is 64.7 Å². The molecule has 0 aliphatic heterocycles. The van der Waals surface area contributed by atoms with Gasteiger partial charge in [0.25, 0.3) is 5.91 Å². The summed E-state index contributed by atoms with van der Waals surface area (Å²) in [5, 5.41) is 3.22. The van der Waals surface area contributed by atoms with Gasteiger partial charge in [-0.25, -0.2) is 0 Å². The number of amides is 2. The van der Waals surface area contributed by atoms with Crippen LogP contribution in [0.4, 0.5) is 0 Å². The third-order valence-electron chi connectivity index (χ3n) is 6.33. The molecule has 0 bridgehead atoms. The predicted octanol–water partition coefficient (Wildman–Crippen LogP) is 5.25. The molecule has 178 valence electrons. The first-order valence-corrected chi connectivity index (χ1v) is 12.2. The van der Waals surface area contributed by atoms with Crippen molar-refractivity contribution in [2.75, 3.05) is 6.61 Å². The quantitative estimate of drug-likeness (QED) is 0.568. The van der Waals surface area contributed by atoms with Gasteiger partial charge in [0.15, 0.2) is 6.61 Å². The average Bonchev–Trinajstić information content (AvgIpc) is 2.77. The van der Waals surface area contributed by atoms with Crippen molar-refractivity contribution >= 4 is 11.8 Å². The van der Waals surface area contributed by atoms with Gasteiger partial charge in [-0.3, -0.25) is 9.59 Å². The van der Waals surface area contributed by atoms with Gasteiger partial charge >= 0.3 is 0 Å². The Bertz CT molecular complexity index is 930. The zero-order valence-electron chi connectivity index (χ0n) is 20.5. The highest BCUT2D eigenvalue weighted by atomic mass is 16.5. The molecular formula is C28H38N2O3. The van der Waals surface area contributed by atoms with E-state index in [-0.39, 0.29) is 24.5 Å². The highest BCUT2D eigenvalue weighted by Gasteiger charge is 2.30. The molecule has 5 heteroatoms. The highest BCUT2D eigenvalue weighted by molar-refractivity contribution is 5.88. The number of rotatable bonds is 9. The number of hydrogen-bond donors (Lipinski definition) is 1. The Balaban J connectivity index is 1.77. The van der Waals surface area contributed by atoms with Gasteiger partial charge in [-0.2, -0.15) is 0 Å². The van der Waals surface area contributed by atoms with Crippen LogP contribution in [0.3, 0.4) is 0 Å². The molecular weight excluding hydrogens is 412 g/mol. The van der Waals surface area contributed by atoms with Crippen LogP contribution in [0.1, 0.15) is 67.7 Å². The Morgan fingerprint density at radius 1 is 1.00 bits per heavy atom. The third-order valence-corrected chi connectivity index (χ3v) is 6.33. The highest BCUT2D eigenvalue weighted by Crippen LogP contribution is 2.20.